The highest BCUT2D eigenvalue weighted by molar-refractivity contribution is 7.17. The van der Waals surface area contributed by atoms with Crippen molar-refractivity contribution in [2.45, 2.75) is 38.1 Å². The molecular formula is C17H19NO3S. The van der Waals surface area contributed by atoms with Gasteiger partial charge in [-0.2, -0.15) is 0 Å². The van der Waals surface area contributed by atoms with Gasteiger partial charge in [0.2, 0.25) is 5.91 Å². The smallest absolute Gasteiger partial charge is 0.326 e. The summed E-state index contributed by atoms with van der Waals surface area (Å²) < 4.78 is 1.27. The van der Waals surface area contributed by atoms with Crippen molar-refractivity contribution in [3.63, 3.8) is 0 Å². The van der Waals surface area contributed by atoms with E-state index in [2.05, 4.69) is 17.5 Å². The molecule has 1 N–H and O–H groups in total. The molecule has 1 aromatic carbocycles. The van der Waals surface area contributed by atoms with Crippen LogP contribution in [0.3, 0.4) is 0 Å². The Morgan fingerprint density at radius 1 is 1.32 bits per heavy atom. The fourth-order valence-electron chi connectivity index (χ4n) is 3.12. The molecule has 0 bridgehead atoms. The molecule has 0 spiro atoms. The molecule has 1 fully saturated rings. The van der Waals surface area contributed by atoms with E-state index in [1.165, 1.54) is 20.5 Å². The number of hydrogen-bond donors (Lipinski definition) is 1. The first-order valence-corrected chi connectivity index (χ1v) is 8.52. The number of benzene rings is 1. The molecule has 3 rings (SSSR count). The van der Waals surface area contributed by atoms with Gasteiger partial charge < -0.3 is 10.0 Å². The molecule has 1 aromatic heterocycles. The first kappa shape index (κ1) is 15.0. The number of carboxylic acid groups (broad SMARTS) is 1. The minimum absolute atomic E-state index is 0.0237. The van der Waals surface area contributed by atoms with Gasteiger partial charge in [-0.05, 0) is 48.1 Å². The highest BCUT2D eigenvalue weighted by Gasteiger charge is 2.33. The Bertz CT molecular complexity index is 694. The number of thiophene rings is 1. The summed E-state index contributed by atoms with van der Waals surface area (Å²) in [7, 11) is 0. The van der Waals surface area contributed by atoms with Crippen LogP contribution in [-0.2, 0) is 16.0 Å². The minimum atomic E-state index is -0.880. The molecule has 1 aliphatic heterocycles. The third-order valence-electron chi connectivity index (χ3n) is 4.26. The van der Waals surface area contributed by atoms with E-state index in [0.29, 0.717) is 19.4 Å². The summed E-state index contributed by atoms with van der Waals surface area (Å²) in [4.78, 5) is 24.9. The van der Waals surface area contributed by atoms with Gasteiger partial charge in [-0.25, -0.2) is 4.79 Å². The van der Waals surface area contributed by atoms with Gasteiger partial charge in [-0.3, -0.25) is 4.79 Å². The molecular weight excluding hydrogens is 298 g/mol. The molecule has 1 amide bonds. The monoisotopic (exact) mass is 317 g/mol. The second-order valence-electron chi connectivity index (χ2n) is 5.69. The SMILES string of the molecule is O=C(O)[C@H]1CCCN1C(=O)CCCc1csc2ccccc12. The summed E-state index contributed by atoms with van der Waals surface area (Å²) in [5.74, 6) is -0.904. The lowest BCUT2D eigenvalue weighted by atomic mass is 10.1. The molecule has 2 heterocycles. The first-order valence-electron chi connectivity index (χ1n) is 7.64. The number of amides is 1. The molecule has 0 aliphatic carbocycles. The summed E-state index contributed by atoms with van der Waals surface area (Å²) >= 11 is 1.73. The summed E-state index contributed by atoms with van der Waals surface area (Å²) in [5.41, 5.74) is 1.28. The van der Waals surface area contributed by atoms with Crippen LogP contribution in [0.2, 0.25) is 0 Å². The van der Waals surface area contributed by atoms with Gasteiger partial charge in [0.05, 0.1) is 0 Å². The number of carbonyl (C=O) groups is 2. The van der Waals surface area contributed by atoms with E-state index in [1.807, 2.05) is 12.1 Å². The van der Waals surface area contributed by atoms with Crippen molar-refractivity contribution in [2.24, 2.45) is 0 Å². The average molecular weight is 317 g/mol. The van der Waals surface area contributed by atoms with E-state index in [-0.39, 0.29) is 5.91 Å². The van der Waals surface area contributed by atoms with Gasteiger partial charge >= 0.3 is 5.97 Å². The number of aryl methyl sites for hydroxylation is 1. The Labute approximate surface area is 133 Å². The van der Waals surface area contributed by atoms with Crippen LogP contribution >= 0.6 is 11.3 Å². The molecule has 22 heavy (non-hydrogen) atoms. The van der Waals surface area contributed by atoms with E-state index < -0.39 is 12.0 Å². The van der Waals surface area contributed by atoms with Crippen molar-refractivity contribution < 1.29 is 14.7 Å². The number of likely N-dealkylation sites (tertiary alicyclic amines) is 1. The number of nitrogens with zero attached hydrogens (tertiary/aromatic N) is 1. The Kier molecular flexibility index (Phi) is 4.43. The largest absolute Gasteiger partial charge is 0.480 e. The van der Waals surface area contributed by atoms with Crippen LogP contribution in [0.25, 0.3) is 10.1 Å². The topological polar surface area (TPSA) is 57.6 Å². The maximum Gasteiger partial charge on any atom is 0.326 e. The predicted molar refractivity (Wildman–Crippen MR) is 87.1 cm³/mol. The van der Waals surface area contributed by atoms with Crippen LogP contribution in [0.15, 0.2) is 29.6 Å². The number of hydrogen-bond acceptors (Lipinski definition) is 3. The molecule has 0 radical (unpaired) electrons. The Balaban J connectivity index is 1.57. The molecule has 116 valence electrons. The van der Waals surface area contributed by atoms with Crippen molar-refractivity contribution in [1.82, 2.24) is 4.90 Å². The van der Waals surface area contributed by atoms with Gasteiger partial charge in [-0.1, -0.05) is 18.2 Å². The lowest BCUT2D eigenvalue weighted by Crippen LogP contribution is -2.40. The third kappa shape index (κ3) is 2.99. The zero-order chi connectivity index (χ0) is 15.5. The summed E-state index contributed by atoms with van der Waals surface area (Å²) in [6.45, 7) is 0.581. The highest BCUT2D eigenvalue weighted by atomic mass is 32.1. The van der Waals surface area contributed by atoms with Crippen molar-refractivity contribution in [2.75, 3.05) is 6.54 Å². The van der Waals surface area contributed by atoms with E-state index in [9.17, 15) is 9.59 Å². The molecule has 1 saturated heterocycles. The van der Waals surface area contributed by atoms with Crippen molar-refractivity contribution >= 4 is 33.3 Å². The molecule has 5 heteroatoms. The predicted octanol–water partition coefficient (Wildman–Crippen LogP) is 3.30. The fraction of sp³-hybridized carbons (Fsp3) is 0.412. The van der Waals surface area contributed by atoms with Crippen LogP contribution in [0.5, 0.6) is 0 Å². The summed E-state index contributed by atoms with van der Waals surface area (Å²) in [5, 5.41) is 12.6. The van der Waals surface area contributed by atoms with Gasteiger partial charge in [-0.15, -0.1) is 11.3 Å². The van der Waals surface area contributed by atoms with Crippen LogP contribution < -0.4 is 0 Å². The summed E-state index contributed by atoms with van der Waals surface area (Å²) in [6, 6.07) is 7.67. The zero-order valence-corrected chi connectivity index (χ0v) is 13.1. The normalized spacial score (nSPS) is 18.0. The molecule has 2 aromatic rings. The van der Waals surface area contributed by atoms with Gasteiger partial charge in [0, 0.05) is 17.7 Å². The van der Waals surface area contributed by atoms with Crippen LogP contribution in [-0.4, -0.2) is 34.5 Å². The number of carbonyl (C=O) groups excluding carboxylic acids is 1. The minimum Gasteiger partial charge on any atom is -0.480 e. The van der Waals surface area contributed by atoms with Crippen LogP contribution in [0, 0.1) is 0 Å². The fourth-order valence-corrected chi connectivity index (χ4v) is 4.12. The van der Waals surface area contributed by atoms with Crippen LogP contribution in [0.1, 0.15) is 31.2 Å². The lowest BCUT2D eigenvalue weighted by molar-refractivity contribution is -0.148. The van der Waals surface area contributed by atoms with Crippen molar-refractivity contribution in [1.29, 1.82) is 0 Å². The maximum absolute atomic E-state index is 12.2. The first-order chi connectivity index (χ1) is 10.7. The van der Waals surface area contributed by atoms with Crippen molar-refractivity contribution in [3.05, 3.63) is 35.2 Å². The zero-order valence-electron chi connectivity index (χ0n) is 12.3. The molecule has 0 saturated carbocycles. The van der Waals surface area contributed by atoms with E-state index in [0.717, 1.165) is 19.3 Å². The second kappa shape index (κ2) is 6.48. The van der Waals surface area contributed by atoms with E-state index in [4.69, 9.17) is 5.11 Å². The van der Waals surface area contributed by atoms with Crippen molar-refractivity contribution in [3.8, 4) is 0 Å². The Morgan fingerprint density at radius 2 is 2.14 bits per heavy atom. The summed E-state index contributed by atoms with van der Waals surface area (Å²) in [6.07, 6.45) is 3.42. The molecule has 1 aliphatic rings. The number of carboxylic acids is 1. The number of fused-ring (bicyclic) bond motifs is 1. The highest BCUT2D eigenvalue weighted by Crippen LogP contribution is 2.27. The Morgan fingerprint density at radius 3 is 2.95 bits per heavy atom. The molecule has 0 unspecified atom stereocenters. The quantitative estimate of drug-likeness (QED) is 0.920. The maximum atomic E-state index is 12.2. The molecule has 1 atom stereocenters. The second-order valence-corrected chi connectivity index (χ2v) is 6.61. The number of aliphatic carboxylic acids is 1. The van der Waals surface area contributed by atoms with Gasteiger partial charge in [0.1, 0.15) is 6.04 Å². The van der Waals surface area contributed by atoms with E-state index >= 15 is 0 Å². The standard InChI is InChI=1S/C17H19NO3S/c19-16(18-10-4-7-14(18)17(20)21)9-3-5-12-11-22-15-8-2-1-6-13(12)15/h1-2,6,8,11,14H,3-5,7,9-10H2,(H,20,21)/t14-/m1/s1. The Hall–Kier alpha value is -1.88. The van der Waals surface area contributed by atoms with E-state index in [1.54, 1.807) is 11.3 Å². The lowest BCUT2D eigenvalue weighted by Gasteiger charge is -2.21. The van der Waals surface area contributed by atoms with Gasteiger partial charge in [0.15, 0.2) is 0 Å². The number of rotatable bonds is 5. The average Bonchev–Trinajstić information content (AvgIpc) is 3.14. The van der Waals surface area contributed by atoms with Crippen LogP contribution in [0.4, 0.5) is 0 Å². The van der Waals surface area contributed by atoms with Gasteiger partial charge in [0.25, 0.3) is 0 Å². The third-order valence-corrected chi connectivity index (χ3v) is 5.27. The molecule has 4 nitrogen and oxygen atoms in total.